The molecule has 0 bridgehead atoms. The molecule has 86 valence electrons. The molecular weight excluding hydrogens is 220 g/mol. The summed E-state index contributed by atoms with van der Waals surface area (Å²) in [5, 5.41) is 0. The van der Waals surface area contributed by atoms with Crippen molar-refractivity contribution in [2.24, 2.45) is 0 Å². The van der Waals surface area contributed by atoms with Gasteiger partial charge in [0.15, 0.2) is 9.84 Å². The lowest BCUT2D eigenvalue weighted by Crippen LogP contribution is -2.04. The Hall–Kier alpha value is -1.27. The molecule has 1 aromatic rings. The molecule has 2 nitrogen and oxygen atoms in total. The number of aryl methyl sites for hydroxylation is 1. The summed E-state index contributed by atoms with van der Waals surface area (Å²) in [7, 11) is -3.28. The van der Waals surface area contributed by atoms with Crippen molar-refractivity contribution in [1.29, 1.82) is 0 Å². The summed E-state index contributed by atoms with van der Waals surface area (Å²) < 4.78 is 23.2. The van der Waals surface area contributed by atoms with E-state index in [1.165, 1.54) is 5.56 Å². The van der Waals surface area contributed by atoms with E-state index in [0.29, 0.717) is 4.90 Å². The number of terminal acetylenes is 1. The van der Waals surface area contributed by atoms with E-state index >= 15 is 0 Å². The maximum absolute atomic E-state index is 11.6. The Morgan fingerprint density at radius 2 is 1.88 bits per heavy atom. The minimum atomic E-state index is -3.28. The van der Waals surface area contributed by atoms with E-state index in [0.717, 1.165) is 19.3 Å². The van der Waals surface area contributed by atoms with Crippen LogP contribution >= 0.6 is 0 Å². The second-order valence-corrected chi connectivity index (χ2v) is 5.70. The van der Waals surface area contributed by atoms with Crippen LogP contribution in [0.1, 0.15) is 25.3 Å². The number of hydrogen-bond acceptors (Lipinski definition) is 2. The third-order valence-electron chi connectivity index (χ3n) is 2.37. The summed E-state index contributed by atoms with van der Waals surface area (Å²) in [6.45, 7) is 2.13. The van der Waals surface area contributed by atoms with Crippen LogP contribution < -0.4 is 0 Å². The first-order valence-corrected chi connectivity index (χ1v) is 7.00. The van der Waals surface area contributed by atoms with Crippen molar-refractivity contribution < 1.29 is 8.42 Å². The van der Waals surface area contributed by atoms with Crippen LogP contribution in [-0.2, 0) is 16.3 Å². The zero-order valence-electron chi connectivity index (χ0n) is 9.44. The van der Waals surface area contributed by atoms with Gasteiger partial charge < -0.3 is 0 Å². The van der Waals surface area contributed by atoms with Crippen LogP contribution in [0.3, 0.4) is 0 Å². The molecule has 0 aliphatic rings. The Morgan fingerprint density at radius 3 is 2.38 bits per heavy atom. The van der Waals surface area contributed by atoms with Crippen molar-refractivity contribution >= 4 is 9.84 Å². The average Bonchev–Trinajstić information content (AvgIpc) is 2.27. The average molecular weight is 236 g/mol. The molecule has 16 heavy (non-hydrogen) atoms. The van der Waals surface area contributed by atoms with Gasteiger partial charge in [-0.2, -0.15) is 0 Å². The van der Waals surface area contributed by atoms with Gasteiger partial charge in [0.05, 0.1) is 4.90 Å². The smallest absolute Gasteiger partial charge is 0.189 e. The molecule has 0 aliphatic heterocycles. The third-order valence-corrected chi connectivity index (χ3v) is 3.91. The highest BCUT2D eigenvalue weighted by molar-refractivity contribution is 7.91. The van der Waals surface area contributed by atoms with Gasteiger partial charge in [0.25, 0.3) is 0 Å². The summed E-state index contributed by atoms with van der Waals surface area (Å²) in [6.07, 6.45) is 8.27. The molecule has 0 saturated heterocycles. The molecule has 0 unspecified atom stereocenters. The Kier molecular flexibility index (Phi) is 4.57. The minimum Gasteiger partial charge on any atom is -0.223 e. The van der Waals surface area contributed by atoms with E-state index in [1.807, 2.05) is 12.1 Å². The first-order chi connectivity index (χ1) is 7.60. The van der Waals surface area contributed by atoms with E-state index < -0.39 is 9.84 Å². The zero-order valence-corrected chi connectivity index (χ0v) is 10.3. The Balaban J connectivity index is 2.83. The highest BCUT2D eigenvalue weighted by Gasteiger charge is 2.11. The Labute approximate surface area is 97.6 Å². The van der Waals surface area contributed by atoms with E-state index in [4.69, 9.17) is 6.42 Å². The maximum Gasteiger partial charge on any atom is 0.189 e. The zero-order chi connectivity index (χ0) is 12.0. The summed E-state index contributed by atoms with van der Waals surface area (Å²) in [5.41, 5.74) is 1.17. The summed E-state index contributed by atoms with van der Waals surface area (Å²) >= 11 is 0. The van der Waals surface area contributed by atoms with E-state index in [9.17, 15) is 8.42 Å². The molecule has 1 rings (SSSR count). The first-order valence-electron chi connectivity index (χ1n) is 5.35. The van der Waals surface area contributed by atoms with Gasteiger partial charge in [-0.3, -0.25) is 0 Å². The number of sulfone groups is 1. The quantitative estimate of drug-likeness (QED) is 0.736. The van der Waals surface area contributed by atoms with Crippen LogP contribution in [0, 0.1) is 12.3 Å². The summed E-state index contributed by atoms with van der Waals surface area (Å²) in [5.74, 6) is 1.93. The number of rotatable bonds is 5. The van der Waals surface area contributed by atoms with Gasteiger partial charge in [-0.1, -0.05) is 31.4 Å². The fourth-order valence-electron chi connectivity index (χ4n) is 1.44. The SMILES string of the molecule is C#CCS(=O)(=O)c1ccc(CCCC)cc1. The largest absolute Gasteiger partial charge is 0.223 e. The molecular formula is C13H16O2S. The van der Waals surface area contributed by atoms with Gasteiger partial charge in [0, 0.05) is 0 Å². The highest BCUT2D eigenvalue weighted by atomic mass is 32.2. The number of hydrogen-bond donors (Lipinski definition) is 0. The second kappa shape index (κ2) is 5.72. The van der Waals surface area contributed by atoms with Gasteiger partial charge in [0.1, 0.15) is 5.75 Å². The second-order valence-electron chi connectivity index (χ2n) is 3.71. The van der Waals surface area contributed by atoms with Crippen LogP contribution in [0.5, 0.6) is 0 Å². The molecule has 0 atom stereocenters. The van der Waals surface area contributed by atoms with E-state index in [-0.39, 0.29) is 5.75 Å². The van der Waals surface area contributed by atoms with Crippen molar-refractivity contribution in [3.05, 3.63) is 29.8 Å². The van der Waals surface area contributed by atoms with Crippen LogP contribution in [0.2, 0.25) is 0 Å². The van der Waals surface area contributed by atoms with Crippen LogP contribution in [0.4, 0.5) is 0 Å². The maximum atomic E-state index is 11.6. The van der Waals surface area contributed by atoms with Crippen LogP contribution in [0.25, 0.3) is 0 Å². The Bertz CT molecular complexity index is 464. The van der Waals surface area contributed by atoms with Gasteiger partial charge in [-0.05, 0) is 30.5 Å². The van der Waals surface area contributed by atoms with Crippen LogP contribution in [-0.4, -0.2) is 14.2 Å². The van der Waals surface area contributed by atoms with E-state index in [1.54, 1.807) is 12.1 Å². The predicted molar refractivity (Wildman–Crippen MR) is 65.9 cm³/mol. The van der Waals surface area contributed by atoms with Crippen molar-refractivity contribution in [3.8, 4) is 12.3 Å². The van der Waals surface area contributed by atoms with Crippen molar-refractivity contribution in [1.82, 2.24) is 0 Å². The molecule has 0 aromatic heterocycles. The molecule has 3 heteroatoms. The molecule has 0 fully saturated rings. The molecule has 0 radical (unpaired) electrons. The van der Waals surface area contributed by atoms with Gasteiger partial charge in [-0.15, -0.1) is 6.42 Å². The van der Waals surface area contributed by atoms with Gasteiger partial charge >= 0.3 is 0 Å². The highest BCUT2D eigenvalue weighted by Crippen LogP contribution is 2.13. The predicted octanol–water partition coefficient (Wildman–Crippen LogP) is 2.44. The fourth-order valence-corrected chi connectivity index (χ4v) is 2.37. The molecule has 0 saturated carbocycles. The molecule has 0 spiro atoms. The lowest BCUT2D eigenvalue weighted by atomic mass is 10.1. The molecule has 0 amide bonds. The van der Waals surface area contributed by atoms with Crippen molar-refractivity contribution in [3.63, 3.8) is 0 Å². The minimum absolute atomic E-state index is 0.235. The summed E-state index contributed by atoms with van der Waals surface area (Å²) in [6, 6.07) is 6.99. The Morgan fingerprint density at radius 1 is 1.25 bits per heavy atom. The number of unbranched alkanes of at least 4 members (excludes halogenated alkanes) is 1. The molecule has 0 heterocycles. The number of benzene rings is 1. The van der Waals surface area contributed by atoms with Crippen LogP contribution in [0.15, 0.2) is 29.2 Å². The summed E-state index contributed by atoms with van der Waals surface area (Å²) in [4.78, 5) is 0.311. The monoisotopic (exact) mass is 236 g/mol. The van der Waals surface area contributed by atoms with E-state index in [2.05, 4.69) is 12.8 Å². The van der Waals surface area contributed by atoms with Crippen molar-refractivity contribution in [2.45, 2.75) is 31.1 Å². The molecule has 0 aliphatic carbocycles. The molecule has 0 N–H and O–H groups in total. The lowest BCUT2D eigenvalue weighted by Gasteiger charge is -2.03. The fraction of sp³-hybridized carbons (Fsp3) is 0.385. The van der Waals surface area contributed by atoms with Crippen molar-refractivity contribution in [2.75, 3.05) is 5.75 Å². The van der Waals surface area contributed by atoms with Gasteiger partial charge in [-0.25, -0.2) is 8.42 Å². The normalized spacial score (nSPS) is 11.0. The van der Waals surface area contributed by atoms with Gasteiger partial charge in [0.2, 0.25) is 0 Å². The first kappa shape index (κ1) is 12.8. The standard InChI is InChI=1S/C13H16O2S/c1-3-5-6-12-7-9-13(10-8-12)16(14,15)11-4-2/h2,7-10H,3,5-6,11H2,1H3. The topological polar surface area (TPSA) is 34.1 Å². The molecule has 1 aromatic carbocycles. The lowest BCUT2D eigenvalue weighted by molar-refractivity contribution is 0.599. The third kappa shape index (κ3) is 3.39.